The molecule has 3 rings (SSSR count). The fourth-order valence-corrected chi connectivity index (χ4v) is 3.02. The van der Waals surface area contributed by atoms with Gasteiger partial charge in [-0.1, -0.05) is 86.1 Å². The normalized spacial score (nSPS) is 10.6. The molecule has 142 valence electrons. The van der Waals surface area contributed by atoms with Gasteiger partial charge in [0.15, 0.2) is 0 Å². The van der Waals surface area contributed by atoms with E-state index in [4.69, 9.17) is 9.79 Å². The molecule has 4 nitrogen and oxygen atoms in total. The lowest BCUT2D eigenvalue weighted by molar-refractivity contribution is 0.283. The van der Waals surface area contributed by atoms with E-state index in [-0.39, 0.29) is 5.75 Å². The van der Waals surface area contributed by atoms with E-state index in [1.165, 1.54) is 48.1 Å². The van der Waals surface area contributed by atoms with E-state index in [2.05, 4.69) is 66.0 Å². The topological polar surface area (TPSA) is 66.8 Å². The van der Waals surface area contributed by atoms with Crippen molar-refractivity contribution in [2.45, 2.75) is 26.2 Å². The molecule has 0 amide bonds. The predicted molar refractivity (Wildman–Crippen MR) is 110 cm³/mol. The molecule has 0 radical (unpaired) electrons. The highest BCUT2D eigenvalue weighted by molar-refractivity contribution is 7.46. The maximum atomic E-state index is 10.3. The van der Waals surface area contributed by atoms with Gasteiger partial charge >= 0.3 is 7.82 Å². The summed E-state index contributed by atoms with van der Waals surface area (Å²) in [6, 6.07) is 27.3. The molecule has 3 aromatic rings. The van der Waals surface area contributed by atoms with Gasteiger partial charge in [-0.05, 0) is 41.7 Å². The highest BCUT2D eigenvalue weighted by atomic mass is 31.2. The lowest BCUT2D eigenvalue weighted by Crippen LogP contribution is -1.89. The quantitative estimate of drug-likeness (QED) is 0.523. The van der Waals surface area contributed by atoms with Gasteiger partial charge in [-0.15, -0.1) is 0 Å². The molecule has 2 N–H and O–H groups in total. The zero-order valence-electron chi connectivity index (χ0n) is 15.4. The second kappa shape index (κ2) is 10.7. The summed E-state index contributed by atoms with van der Waals surface area (Å²) in [4.78, 5) is 16.7. The van der Waals surface area contributed by atoms with Crippen LogP contribution < -0.4 is 4.52 Å². The van der Waals surface area contributed by atoms with Gasteiger partial charge in [-0.2, -0.15) is 0 Å². The summed E-state index contributed by atoms with van der Waals surface area (Å²) in [6.07, 6.45) is 3.70. The van der Waals surface area contributed by atoms with Crippen molar-refractivity contribution in [1.82, 2.24) is 0 Å². The molecule has 0 saturated carbocycles. The van der Waals surface area contributed by atoms with E-state index in [1.807, 2.05) is 0 Å². The van der Waals surface area contributed by atoms with Gasteiger partial charge in [-0.3, -0.25) is 9.79 Å². The highest BCUT2D eigenvalue weighted by Crippen LogP contribution is 2.37. The van der Waals surface area contributed by atoms with Crippen LogP contribution in [-0.4, -0.2) is 9.79 Å². The minimum Gasteiger partial charge on any atom is -0.404 e. The smallest absolute Gasteiger partial charge is 0.404 e. The SMILES string of the molecule is CCCCc1ccccc1-c1ccccc1.O=P(O)(O)Oc1ccccc1. The van der Waals surface area contributed by atoms with Crippen LogP contribution in [0.4, 0.5) is 0 Å². The van der Waals surface area contributed by atoms with Crippen LogP contribution in [0.1, 0.15) is 25.3 Å². The number of unbranched alkanes of at least 4 members (excludes halogenated alkanes) is 1. The molecule has 0 aliphatic carbocycles. The number of rotatable bonds is 6. The third-order valence-corrected chi connectivity index (χ3v) is 4.32. The van der Waals surface area contributed by atoms with Gasteiger partial charge < -0.3 is 4.52 Å². The molecule has 0 saturated heterocycles. The Morgan fingerprint density at radius 2 is 1.37 bits per heavy atom. The molecule has 0 aliphatic rings. The maximum Gasteiger partial charge on any atom is 0.524 e. The minimum absolute atomic E-state index is 0.167. The molecule has 27 heavy (non-hydrogen) atoms. The summed E-state index contributed by atoms with van der Waals surface area (Å²) >= 11 is 0. The first kappa shape index (κ1) is 20.9. The number of hydrogen-bond donors (Lipinski definition) is 2. The molecule has 5 heteroatoms. The molecule has 3 aromatic carbocycles. The molecule has 0 aliphatic heterocycles. The van der Waals surface area contributed by atoms with Crippen LogP contribution in [0, 0.1) is 0 Å². The third-order valence-electron chi connectivity index (χ3n) is 3.87. The lowest BCUT2D eigenvalue weighted by atomic mass is 9.96. The van der Waals surface area contributed by atoms with Crippen LogP contribution in [0.25, 0.3) is 11.1 Å². The average molecular weight is 384 g/mol. The van der Waals surface area contributed by atoms with Crippen molar-refractivity contribution < 1.29 is 18.9 Å². The Hall–Kier alpha value is -2.39. The second-order valence-corrected chi connectivity index (χ2v) is 7.19. The third kappa shape index (κ3) is 7.79. The standard InChI is InChI=1S/C16H18.C6H7O4P/c1-2-3-9-14-12-7-8-13-16(14)15-10-5-4-6-11-15;7-11(8,9)10-6-4-2-1-3-5-6/h4-8,10-13H,2-3,9H2,1H3;1-5H,(H2,7,8,9). The van der Waals surface area contributed by atoms with Crippen LogP contribution >= 0.6 is 7.82 Å². The van der Waals surface area contributed by atoms with Crippen molar-refractivity contribution >= 4 is 7.82 Å². The van der Waals surface area contributed by atoms with Crippen molar-refractivity contribution in [2.24, 2.45) is 0 Å². The van der Waals surface area contributed by atoms with Crippen molar-refractivity contribution in [3.63, 3.8) is 0 Å². The number of phosphoric acid groups is 1. The minimum atomic E-state index is -4.39. The van der Waals surface area contributed by atoms with Crippen LogP contribution in [0.15, 0.2) is 84.9 Å². The number of para-hydroxylation sites is 1. The molecule has 0 spiro atoms. The lowest BCUT2D eigenvalue weighted by Gasteiger charge is -2.08. The van der Waals surface area contributed by atoms with Gasteiger partial charge in [0, 0.05) is 0 Å². The van der Waals surface area contributed by atoms with Gasteiger partial charge in [0.1, 0.15) is 5.75 Å². The summed E-state index contributed by atoms with van der Waals surface area (Å²) in [6.45, 7) is 2.24. The zero-order valence-corrected chi connectivity index (χ0v) is 16.3. The van der Waals surface area contributed by atoms with Crippen LogP contribution in [-0.2, 0) is 11.0 Å². The summed E-state index contributed by atoms with van der Waals surface area (Å²) in [7, 11) is -4.39. The zero-order chi connectivity index (χ0) is 19.5. The Morgan fingerprint density at radius 1 is 0.815 bits per heavy atom. The summed E-state index contributed by atoms with van der Waals surface area (Å²) < 4.78 is 14.5. The van der Waals surface area contributed by atoms with Gasteiger partial charge in [0.05, 0.1) is 0 Å². The van der Waals surface area contributed by atoms with Crippen LogP contribution in [0.5, 0.6) is 5.75 Å². The van der Waals surface area contributed by atoms with Gasteiger partial charge in [0.2, 0.25) is 0 Å². The first-order chi connectivity index (χ1) is 13.0. The number of aryl methyl sites for hydroxylation is 1. The van der Waals surface area contributed by atoms with E-state index in [9.17, 15) is 4.57 Å². The first-order valence-corrected chi connectivity index (χ1v) is 10.5. The fourth-order valence-electron chi connectivity index (χ4n) is 2.62. The average Bonchev–Trinajstić information content (AvgIpc) is 2.67. The molecular formula is C22H25O4P. The second-order valence-electron chi connectivity index (χ2n) is 6.02. The molecule has 0 fully saturated rings. The molecule has 0 heterocycles. The Morgan fingerprint density at radius 3 is 1.96 bits per heavy atom. The van der Waals surface area contributed by atoms with Crippen molar-refractivity contribution in [3.8, 4) is 16.9 Å². The number of benzene rings is 3. The first-order valence-electron chi connectivity index (χ1n) is 8.93. The van der Waals surface area contributed by atoms with Gasteiger partial charge in [-0.25, -0.2) is 4.57 Å². The molecule has 0 aromatic heterocycles. The summed E-state index contributed by atoms with van der Waals surface area (Å²) in [5.74, 6) is 0.167. The van der Waals surface area contributed by atoms with Crippen molar-refractivity contribution in [2.75, 3.05) is 0 Å². The van der Waals surface area contributed by atoms with E-state index in [1.54, 1.807) is 18.2 Å². The Balaban J connectivity index is 0.000000208. The van der Waals surface area contributed by atoms with Crippen molar-refractivity contribution in [3.05, 3.63) is 90.5 Å². The van der Waals surface area contributed by atoms with E-state index in [0.717, 1.165) is 0 Å². The number of hydrogen-bond acceptors (Lipinski definition) is 2. The predicted octanol–water partition coefficient (Wildman–Crippen LogP) is 5.85. The number of phosphoric ester groups is 1. The Bertz CT molecular complexity index is 844. The molecule has 0 atom stereocenters. The Kier molecular flexibility index (Phi) is 8.28. The summed E-state index contributed by atoms with van der Waals surface area (Å²) in [5.41, 5.74) is 4.18. The highest BCUT2D eigenvalue weighted by Gasteiger charge is 2.14. The fraction of sp³-hybridized carbons (Fsp3) is 0.182. The largest absolute Gasteiger partial charge is 0.524 e. The van der Waals surface area contributed by atoms with E-state index >= 15 is 0 Å². The van der Waals surface area contributed by atoms with E-state index < -0.39 is 7.82 Å². The molecular weight excluding hydrogens is 359 g/mol. The van der Waals surface area contributed by atoms with Gasteiger partial charge in [0.25, 0.3) is 0 Å². The monoisotopic (exact) mass is 384 g/mol. The van der Waals surface area contributed by atoms with Crippen molar-refractivity contribution in [1.29, 1.82) is 0 Å². The van der Waals surface area contributed by atoms with Crippen LogP contribution in [0.2, 0.25) is 0 Å². The summed E-state index contributed by atoms with van der Waals surface area (Å²) in [5, 5.41) is 0. The van der Waals surface area contributed by atoms with E-state index in [0.29, 0.717) is 0 Å². The van der Waals surface area contributed by atoms with Crippen LogP contribution in [0.3, 0.4) is 0 Å². The Labute approximate surface area is 160 Å². The maximum absolute atomic E-state index is 10.3. The molecule has 0 unspecified atom stereocenters. The molecule has 0 bridgehead atoms.